The van der Waals surface area contributed by atoms with Crippen LogP contribution in [0.5, 0.6) is 0 Å². The second kappa shape index (κ2) is 17.2. The van der Waals surface area contributed by atoms with Gasteiger partial charge in [-0.3, -0.25) is 65.3 Å². The lowest BCUT2D eigenvalue weighted by Crippen LogP contribution is -2.76. The molecule has 20 heteroatoms. The third kappa shape index (κ3) is 8.23. The molecule has 8 aliphatic heterocycles. The Kier molecular flexibility index (Phi) is 11.8. The smallest absolute Gasteiger partial charge is 0.320 e. The van der Waals surface area contributed by atoms with Crippen LogP contribution in [0.1, 0.15) is 52.8 Å². The highest BCUT2D eigenvalue weighted by Gasteiger charge is 2.45. The molecule has 7 amide bonds. The van der Waals surface area contributed by atoms with Crippen molar-refractivity contribution >= 4 is 41.3 Å². The van der Waals surface area contributed by atoms with Gasteiger partial charge in [-0.15, -0.1) is 0 Å². The largest absolute Gasteiger partial charge is 0.371 e. The molecule has 0 radical (unpaired) electrons. The number of rotatable bonds is 10. The molecule has 0 saturated carbocycles. The number of piperazine rings is 2. The fraction of sp³-hybridized carbons (Fsp3) is 0.700. The van der Waals surface area contributed by atoms with E-state index >= 15 is 0 Å². The first-order valence-electron chi connectivity index (χ1n) is 21.8. The molecule has 9 rings (SSSR count). The number of carbonyl (C=O) groups excluding carboxylic acids is 6. The maximum Gasteiger partial charge on any atom is 0.320 e. The number of fused-ring (bicyclic) bond motifs is 1. The molecule has 326 valence electrons. The molecule has 1 aromatic carbocycles. The number of nitrogens with one attached hydrogen (secondary N) is 6. The normalized spacial score (nSPS) is 33.9. The van der Waals surface area contributed by atoms with Crippen LogP contribution in [0.3, 0.4) is 0 Å². The number of imide groups is 2. The van der Waals surface area contributed by atoms with E-state index in [1.807, 2.05) is 18.0 Å². The molecule has 0 bridgehead atoms. The van der Waals surface area contributed by atoms with Gasteiger partial charge in [0.15, 0.2) is 0 Å². The van der Waals surface area contributed by atoms with Gasteiger partial charge in [-0.05, 0) is 56.3 Å². The van der Waals surface area contributed by atoms with E-state index in [9.17, 15) is 28.8 Å². The van der Waals surface area contributed by atoms with Gasteiger partial charge in [0.25, 0.3) is 11.8 Å². The summed E-state index contributed by atoms with van der Waals surface area (Å²) in [5.41, 5.74) is 7.38. The number of anilines is 1. The van der Waals surface area contributed by atoms with Crippen molar-refractivity contribution in [3.63, 3.8) is 0 Å². The molecule has 8 N–H and O–H groups in total. The van der Waals surface area contributed by atoms with E-state index in [2.05, 4.69) is 51.5 Å². The summed E-state index contributed by atoms with van der Waals surface area (Å²) in [6.07, 6.45) is 3.00. The Morgan fingerprint density at radius 3 is 2.35 bits per heavy atom. The molecule has 3 unspecified atom stereocenters. The topological polar surface area (TPSA) is 223 Å². The lowest BCUT2D eigenvalue weighted by Gasteiger charge is -2.47. The van der Waals surface area contributed by atoms with Crippen LogP contribution in [0.4, 0.5) is 10.5 Å². The predicted octanol–water partition coefficient (Wildman–Crippen LogP) is -3.50. The number of nitrogens with two attached hydrogens (primary N) is 1. The summed E-state index contributed by atoms with van der Waals surface area (Å²) in [5.74, 6) is -1.88. The van der Waals surface area contributed by atoms with Crippen molar-refractivity contribution in [2.75, 3.05) is 104 Å². The summed E-state index contributed by atoms with van der Waals surface area (Å²) < 4.78 is 0. The van der Waals surface area contributed by atoms with Gasteiger partial charge in [0.05, 0.1) is 23.5 Å². The van der Waals surface area contributed by atoms with Crippen LogP contribution in [0.25, 0.3) is 0 Å². The quantitative estimate of drug-likeness (QED) is 0.114. The number of likely N-dealkylation sites (N-methyl/N-ethyl adjacent to an activating group) is 1. The van der Waals surface area contributed by atoms with Crippen molar-refractivity contribution in [2.24, 2.45) is 11.7 Å². The van der Waals surface area contributed by atoms with Gasteiger partial charge in [0.1, 0.15) is 18.4 Å². The first-order chi connectivity index (χ1) is 29.0. The Morgan fingerprint density at radius 1 is 0.833 bits per heavy atom. The van der Waals surface area contributed by atoms with Crippen molar-refractivity contribution in [3.8, 4) is 0 Å². The lowest BCUT2D eigenvalue weighted by atomic mass is 10.0. The van der Waals surface area contributed by atoms with Gasteiger partial charge >= 0.3 is 6.03 Å². The number of urea groups is 1. The van der Waals surface area contributed by atoms with Crippen molar-refractivity contribution in [1.29, 1.82) is 0 Å². The average molecular weight is 833 g/mol. The Balaban J connectivity index is 0.714. The first-order valence-corrected chi connectivity index (χ1v) is 21.8. The minimum absolute atomic E-state index is 0.00813. The van der Waals surface area contributed by atoms with Crippen LogP contribution in [0.2, 0.25) is 0 Å². The van der Waals surface area contributed by atoms with Crippen molar-refractivity contribution in [2.45, 2.75) is 74.9 Å². The molecule has 8 heterocycles. The summed E-state index contributed by atoms with van der Waals surface area (Å²) in [5, 5.41) is 20.4. The predicted molar refractivity (Wildman–Crippen MR) is 219 cm³/mol. The highest BCUT2D eigenvalue weighted by atomic mass is 16.2. The first kappa shape index (κ1) is 41.1. The van der Waals surface area contributed by atoms with E-state index in [1.54, 1.807) is 17.0 Å². The molecule has 6 atom stereocenters. The second-order valence-corrected chi connectivity index (χ2v) is 17.8. The van der Waals surface area contributed by atoms with Crippen LogP contribution in [-0.4, -0.2) is 206 Å². The molecule has 0 aromatic heterocycles. The zero-order valence-corrected chi connectivity index (χ0v) is 34.4. The van der Waals surface area contributed by atoms with Crippen LogP contribution in [0.15, 0.2) is 18.2 Å². The zero-order valence-electron chi connectivity index (χ0n) is 34.4. The van der Waals surface area contributed by atoms with Gasteiger partial charge in [0.2, 0.25) is 17.7 Å². The van der Waals surface area contributed by atoms with E-state index in [0.29, 0.717) is 23.6 Å². The summed E-state index contributed by atoms with van der Waals surface area (Å²) >= 11 is 0. The summed E-state index contributed by atoms with van der Waals surface area (Å²) in [4.78, 5) is 90.4. The summed E-state index contributed by atoms with van der Waals surface area (Å²) in [7, 11) is 1.86. The number of nitrogens with zero attached hydrogens (tertiary/aromatic N) is 7. The molecular weight excluding hydrogens is 773 g/mol. The number of likely N-dealkylation sites (tertiary alicyclic amines) is 1. The Hall–Kier alpha value is -4.28. The van der Waals surface area contributed by atoms with Crippen molar-refractivity contribution in [3.05, 3.63) is 29.3 Å². The number of benzene rings is 1. The third-order valence-corrected chi connectivity index (χ3v) is 14.0. The van der Waals surface area contributed by atoms with Gasteiger partial charge in [-0.2, -0.15) is 0 Å². The fourth-order valence-electron chi connectivity index (χ4n) is 10.6. The standard InChI is InChI=1S/C40H60N14O6/c1-48-11-16-53(40(48)60)27-3-2-9-52(23-27)31-20-42-33(34(41)56)35(46-31)45-25-18-43-39(44-19-25)50-14-12-49(13-15-50)21-24-8-10-51(22-24)26-4-5-28-29(17-26)38(59)54(37(28)58)30-6-7-32(55)47-36(30)57/h4-5,17,24-25,27,30-31,33,35,39,42-46H,2-3,6-16,18-23H2,1H3,(H2,41,56)(H,47,55,57)/t24-,25?,27-,30-,31?,33?,35?,39?/m1/s1. The summed E-state index contributed by atoms with van der Waals surface area (Å²) in [6.45, 7) is 11.8. The molecule has 20 nitrogen and oxygen atoms in total. The Morgan fingerprint density at radius 2 is 1.62 bits per heavy atom. The number of carbonyl (C=O) groups is 6. The zero-order chi connectivity index (χ0) is 41.7. The summed E-state index contributed by atoms with van der Waals surface area (Å²) in [6, 6.07) is 4.22. The number of piperidine rings is 2. The van der Waals surface area contributed by atoms with Crippen molar-refractivity contribution < 1.29 is 28.8 Å². The van der Waals surface area contributed by atoms with Gasteiger partial charge in [0, 0.05) is 116 Å². The van der Waals surface area contributed by atoms with E-state index in [-0.39, 0.29) is 49.6 Å². The molecule has 60 heavy (non-hydrogen) atoms. The van der Waals surface area contributed by atoms with Crippen LogP contribution < -0.4 is 42.5 Å². The SMILES string of the molecule is CN1CCN([C@@H]2CCCN(C3CNC(C(N)=O)C(NC4CNC(N5CCN(C[C@H]6CCN(c7ccc8c(c7)C(=O)N([C@@H]7CCC(=O)NC7=O)C8=O)C6)CC5)NC4)N3)C2)C1=O. The Bertz CT molecular complexity index is 1850. The number of hydrogen-bond donors (Lipinski definition) is 7. The maximum atomic E-state index is 13.4. The maximum absolute atomic E-state index is 13.4. The average Bonchev–Trinajstić information content (AvgIpc) is 3.93. The third-order valence-electron chi connectivity index (χ3n) is 14.0. The van der Waals surface area contributed by atoms with E-state index in [4.69, 9.17) is 5.73 Å². The number of hydrogen-bond acceptors (Lipinski definition) is 15. The molecule has 0 aliphatic carbocycles. The van der Waals surface area contributed by atoms with Gasteiger partial charge in [-0.1, -0.05) is 0 Å². The van der Waals surface area contributed by atoms with E-state index in [1.165, 1.54) is 0 Å². The second-order valence-electron chi connectivity index (χ2n) is 17.8. The minimum Gasteiger partial charge on any atom is -0.371 e. The highest BCUT2D eigenvalue weighted by molar-refractivity contribution is 6.23. The number of primary amides is 1. The van der Waals surface area contributed by atoms with Crippen LogP contribution in [0, 0.1) is 5.92 Å². The molecule has 8 aliphatic rings. The number of amides is 7. The molecule has 7 saturated heterocycles. The molecule has 7 fully saturated rings. The van der Waals surface area contributed by atoms with Crippen LogP contribution in [-0.2, 0) is 14.4 Å². The minimum atomic E-state index is -0.973. The van der Waals surface area contributed by atoms with E-state index < -0.39 is 41.6 Å². The molecule has 0 spiro atoms. The highest BCUT2D eigenvalue weighted by Crippen LogP contribution is 2.33. The van der Waals surface area contributed by atoms with Gasteiger partial charge < -0.3 is 30.7 Å². The van der Waals surface area contributed by atoms with Gasteiger partial charge in [-0.25, -0.2) is 4.79 Å². The molecular formula is C40H60N14O6. The van der Waals surface area contributed by atoms with E-state index in [0.717, 1.165) is 115 Å². The van der Waals surface area contributed by atoms with Crippen LogP contribution >= 0.6 is 0 Å². The fourth-order valence-corrected chi connectivity index (χ4v) is 10.6. The lowest BCUT2D eigenvalue weighted by molar-refractivity contribution is -0.136. The Labute approximate surface area is 350 Å². The monoisotopic (exact) mass is 832 g/mol. The van der Waals surface area contributed by atoms with Crippen molar-refractivity contribution in [1.82, 2.24) is 61.3 Å². The molecule has 1 aromatic rings.